The van der Waals surface area contributed by atoms with Crippen molar-refractivity contribution < 1.29 is 19.1 Å². The number of anilines is 1. The van der Waals surface area contributed by atoms with Gasteiger partial charge in [0.2, 0.25) is 0 Å². The van der Waals surface area contributed by atoms with Crippen LogP contribution in [0.3, 0.4) is 0 Å². The van der Waals surface area contributed by atoms with E-state index in [4.69, 9.17) is 32.7 Å². The summed E-state index contributed by atoms with van der Waals surface area (Å²) in [7, 11) is 0. The summed E-state index contributed by atoms with van der Waals surface area (Å²) in [5.41, 5.74) is 1.56. The topological polar surface area (TPSA) is 64.6 Å². The van der Waals surface area contributed by atoms with Crippen LogP contribution in [0, 0.1) is 6.92 Å². The lowest BCUT2D eigenvalue weighted by atomic mass is 10.2. The van der Waals surface area contributed by atoms with Crippen molar-refractivity contribution in [2.75, 3.05) is 18.5 Å². The van der Waals surface area contributed by atoms with Gasteiger partial charge in [0.1, 0.15) is 5.75 Å². The highest BCUT2D eigenvalue weighted by Gasteiger charge is 2.12. The second-order valence-corrected chi connectivity index (χ2v) is 5.98. The fourth-order valence-corrected chi connectivity index (χ4v) is 2.35. The first-order valence-electron chi connectivity index (χ1n) is 7.56. The van der Waals surface area contributed by atoms with E-state index in [0.717, 1.165) is 5.56 Å². The maximum absolute atomic E-state index is 12.0. The predicted octanol–water partition coefficient (Wildman–Crippen LogP) is 4.50. The molecule has 2 aromatic rings. The number of nitrogens with one attached hydrogen (secondary N) is 1. The Morgan fingerprint density at radius 3 is 2.48 bits per heavy atom. The van der Waals surface area contributed by atoms with Gasteiger partial charge in [-0.3, -0.25) is 4.79 Å². The number of hydrogen-bond acceptors (Lipinski definition) is 4. The fraction of sp³-hybridized carbons (Fsp3) is 0.222. The molecule has 0 unspecified atom stereocenters. The van der Waals surface area contributed by atoms with Crippen LogP contribution in [-0.4, -0.2) is 25.1 Å². The molecule has 1 N–H and O–H groups in total. The third kappa shape index (κ3) is 5.37. The third-order valence-electron chi connectivity index (χ3n) is 3.25. The molecule has 0 saturated carbocycles. The monoisotopic (exact) mass is 381 g/mol. The smallest absolute Gasteiger partial charge is 0.338 e. The number of carbonyl (C=O) groups excluding carboxylic acids is 2. The second kappa shape index (κ2) is 8.74. The van der Waals surface area contributed by atoms with Crippen LogP contribution in [0.1, 0.15) is 22.8 Å². The summed E-state index contributed by atoms with van der Waals surface area (Å²) in [6.45, 7) is 3.66. The van der Waals surface area contributed by atoms with Crippen LogP contribution in [0.15, 0.2) is 36.4 Å². The number of amides is 1. The normalized spacial score (nSPS) is 10.2. The molecule has 25 heavy (non-hydrogen) atoms. The number of carbonyl (C=O) groups is 2. The van der Waals surface area contributed by atoms with Crippen LogP contribution in [0.2, 0.25) is 10.0 Å². The number of benzene rings is 2. The number of esters is 1. The van der Waals surface area contributed by atoms with Crippen LogP contribution >= 0.6 is 23.2 Å². The minimum atomic E-state index is -0.469. The number of ether oxygens (including phenoxy) is 2. The zero-order chi connectivity index (χ0) is 18.4. The lowest BCUT2D eigenvalue weighted by molar-refractivity contribution is -0.118. The molecule has 132 valence electrons. The Balaban J connectivity index is 1.95. The van der Waals surface area contributed by atoms with E-state index in [0.29, 0.717) is 22.0 Å². The number of aryl methyl sites for hydroxylation is 1. The third-order valence-corrected chi connectivity index (χ3v) is 3.99. The van der Waals surface area contributed by atoms with Gasteiger partial charge >= 0.3 is 5.97 Å². The second-order valence-electron chi connectivity index (χ2n) is 5.16. The van der Waals surface area contributed by atoms with Crippen molar-refractivity contribution in [3.05, 3.63) is 57.6 Å². The predicted molar refractivity (Wildman–Crippen MR) is 97.7 cm³/mol. The lowest BCUT2D eigenvalue weighted by Crippen LogP contribution is -2.20. The maximum atomic E-state index is 12.0. The van der Waals surface area contributed by atoms with Crippen LogP contribution in [0.25, 0.3) is 0 Å². The van der Waals surface area contributed by atoms with Gasteiger partial charge in [-0.2, -0.15) is 0 Å². The van der Waals surface area contributed by atoms with E-state index in [1.54, 1.807) is 31.2 Å². The van der Waals surface area contributed by atoms with Crippen molar-refractivity contribution in [1.82, 2.24) is 0 Å². The summed E-state index contributed by atoms with van der Waals surface area (Å²) < 4.78 is 10.3. The minimum Gasteiger partial charge on any atom is -0.484 e. The Hall–Kier alpha value is -2.24. The molecule has 0 heterocycles. The molecule has 0 aromatic heterocycles. The Kier molecular flexibility index (Phi) is 6.67. The van der Waals surface area contributed by atoms with Gasteiger partial charge in [-0.25, -0.2) is 4.79 Å². The number of halogens is 2. The van der Waals surface area contributed by atoms with Crippen LogP contribution in [0.5, 0.6) is 5.75 Å². The quantitative estimate of drug-likeness (QED) is 0.748. The van der Waals surface area contributed by atoms with Gasteiger partial charge in [-0.1, -0.05) is 23.2 Å². The molecule has 7 heteroatoms. The number of rotatable bonds is 6. The standard InChI is InChI=1S/C18H17Cl2NO4/c1-3-24-18(23)12-4-7-16(15(20)9-12)21-17(22)10-25-13-5-6-14(19)11(2)8-13/h4-9H,3,10H2,1-2H3,(H,21,22). The van der Waals surface area contributed by atoms with E-state index in [9.17, 15) is 9.59 Å². The van der Waals surface area contributed by atoms with Crippen molar-refractivity contribution in [1.29, 1.82) is 0 Å². The molecule has 0 fully saturated rings. The molecule has 0 atom stereocenters. The molecule has 2 aromatic carbocycles. The molecule has 0 aliphatic carbocycles. The highest BCUT2D eigenvalue weighted by molar-refractivity contribution is 6.34. The SMILES string of the molecule is CCOC(=O)c1ccc(NC(=O)COc2ccc(Cl)c(C)c2)c(Cl)c1. The molecule has 0 aliphatic rings. The molecule has 0 saturated heterocycles. The first-order chi connectivity index (χ1) is 11.9. The Labute approximate surface area is 155 Å². The van der Waals surface area contributed by atoms with Crippen LogP contribution < -0.4 is 10.1 Å². The Morgan fingerprint density at radius 2 is 1.84 bits per heavy atom. The first kappa shape index (κ1) is 19.1. The van der Waals surface area contributed by atoms with Gasteiger partial charge in [0.25, 0.3) is 5.91 Å². The van der Waals surface area contributed by atoms with Crippen molar-refractivity contribution in [3.8, 4) is 5.75 Å². The Bertz CT molecular complexity index is 793. The van der Waals surface area contributed by atoms with E-state index in [-0.39, 0.29) is 24.1 Å². The van der Waals surface area contributed by atoms with Crippen molar-refractivity contribution in [2.45, 2.75) is 13.8 Å². The van der Waals surface area contributed by atoms with Gasteiger partial charge in [-0.05, 0) is 55.8 Å². The van der Waals surface area contributed by atoms with Gasteiger partial charge in [0.15, 0.2) is 6.61 Å². The molecular formula is C18H17Cl2NO4. The highest BCUT2D eigenvalue weighted by atomic mass is 35.5. The summed E-state index contributed by atoms with van der Waals surface area (Å²) in [6.07, 6.45) is 0. The highest BCUT2D eigenvalue weighted by Crippen LogP contribution is 2.24. The molecule has 0 aliphatic heterocycles. The van der Waals surface area contributed by atoms with E-state index in [2.05, 4.69) is 5.32 Å². The zero-order valence-electron chi connectivity index (χ0n) is 13.8. The minimum absolute atomic E-state index is 0.184. The fourth-order valence-electron chi connectivity index (χ4n) is 2.00. The van der Waals surface area contributed by atoms with E-state index >= 15 is 0 Å². The number of hydrogen-bond donors (Lipinski definition) is 1. The Morgan fingerprint density at radius 1 is 1.08 bits per heavy atom. The summed E-state index contributed by atoms with van der Waals surface area (Å²) in [5, 5.41) is 3.50. The van der Waals surface area contributed by atoms with E-state index < -0.39 is 5.97 Å². The average molecular weight is 382 g/mol. The van der Waals surface area contributed by atoms with Crippen LogP contribution in [0.4, 0.5) is 5.69 Å². The summed E-state index contributed by atoms with van der Waals surface area (Å²) >= 11 is 12.0. The van der Waals surface area contributed by atoms with Gasteiger partial charge in [0, 0.05) is 5.02 Å². The van der Waals surface area contributed by atoms with Gasteiger partial charge in [-0.15, -0.1) is 0 Å². The zero-order valence-corrected chi connectivity index (χ0v) is 15.3. The molecule has 0 spiro atoms. The van der Waals surface area contributed by atoms with Gasteiger partial charge in [0.05, 0.1) is 22.9 Å². The molecule has 1 amide bonds. The summed E-state index contributed by atoms with van der Waals surface area (Å²) in [4.78, 5) is 23.6. The molecule has 0 radical (unpaired) electrons. The van der Waals surface area contributed by atoms with Gasteiger partial charge < -0.3 is 14.8 Å². The van der Waals surface area contributed by atoms with E-state index in [1.165, 1.54) is 12.1 Å². The molecule has 5 nitrogen and oxygen atoms in total. The molecular weight excluding hydrogens is 365 g/mol. The average Bonchev–Trinajstić information content (AvgIpc) is 2.58. The first-order valence-corrected chi connectivity index (χ1v) is 8.31. The van der Waals surface area contributed by atoms with Crippen LogP contribution in [-0.2, 0) is 9.53 Å². The summed E-state index contributed by atoms with van der Waals surface area (Å²) in [6, 6.07) is 9.65. The largest absolute Gasteiger partial charge is 0.484 e. The molecule has 0 bridgehead atoms. The maximum Gasteiger partial charge on any atom is 0.338 e. The van der Waals surface area contributed by atoms with Crippen molar-refractivity contribution in [2.24, 2.45) is 0 Å². The summed E-state index contributed by atoms with van der Waals surface area (Å²) in [5.74, 6) is -0.303. The lowest BCUT2D eigenvalue weighted by Gasteiger charge is -2.10. The van der Waals surface area contributed by atoms with Crippen molar-refractivity contribution in [3.63, 3.8) is 0 Å². The van der Waals surface area contributed by atoms with E-state index in [1.807, 2.05) is 6.92 Å². The van der Waals surface area contributed by atoms with Crippen molar-refractivity contribution >= 4 is 40.8 Å². The molecule has 2 rings (SSSR count).